The lowest BCUT2D eigenvalue weighted by Crippen LogP contribution is -2.45. The number of rotatable bonds is 17. The number of allylic oxidation sites excluding steroid dienone is 2. The van der Waals surface area contributed by atoms with Crippen LogP contribution in [0, 0.1) is 5.82 Å². The second-order valence-electron chi connectivity index (χ2n) is 10.8. The molecule has 1 aliphatic heterocycles. The van der Waals surface area contributed by atoms with E-state index in [1.54, 1.807) is 56.3 Å². The maximum Gasteiger partial charge on any atom is 0.337 e. The predicted molar refractivity (Wildman–Crippen MR) is 181 cm³/mol. The number of halogens is 1. The van der Waals surface area contributed by atoms with E-state index in [9.17, 15) is 19.1 Å². The molecule has 4 rings (SSSR count). The van der Waals surface area contributed by atoms with Crippen LogP contribution >= 0.6 is 0 Å². The number of carbonyl (C=O) groups excluding carboxylic acids is 2. The number of hydrazone groups is 1. The third-order valence-electron chi connectivity index (χ3n) is 7.22. The molecule has 0 spiro atoms. The third kappa shape index (κ3) is 9.73. The molecule has 2 atom stereocenters. The standard InChI is InChI=1S/C36H41FN4O8/c1-6-9-26-16-24(17-30(47-8-3)34(26)49-20-23-10-13-27(37)14-11-23)19-38-41-31(42)21-48-28-15-12-25(18-29(28)46-7-2)33-32(35(43)45-5)22(4)39-36(44)40-33/h6,10-19,31,33,41-42H,1,7-9,20-21H2,2-5H3,(H2,39,40,44)/b38-19-/t31-,33+/m0/s1. The first-order valence-corrected chi connectivity index (χ1v) is 15.7. The number of aliphatic hydroxyl groups excluding tert-OH is 1. The van der Waals surface area contributed by atoms with Crippen LogP contribution in [0.3, 0.4) is 0 Å². The first kappa shape index (κ1) is 36.3. The van der Waals surface area contributed by atoms with Crippen LogP contribution in [0.25, 0.3) is 0 Å². The molecule has 260 valence electrons. The fourth-order valence-corrected chi connectivity index (χ4v) is 5.05. The minimum Gasteiger partial charge on any atom is -0.490 e. The summed E-state index contributed by atoms with van der Waals surface area (Å²) >= 11 is 0. The van der Waals surface area contributed by atoms with Gasteiger partial charge in [-0.3, -0.25) is 5.43 Å². The van der Waals surface area contributed by atoms with Crippen LogP contribution in [0.5, 0.6) is 23.0 Å². The first-order valence-electron chi connectivity index (χ1n) is 15.7. The molecule has 1 aliphatic rings. The number of aliphatic hydroxyl groups is 1. The van der Waals surface area contributed by atoms with Crippen molar-refractivity contribution in [1.82, 2.24) is 16.1 Å². The van der Waals surface area contributed by atoms with Crippen molar-refractivity contribution in [2.75, 3.05) is 26.9 Å². The molecule has 0 saturated carbocycles. The lowest BCUT2D eigenvalue weighted by Gasteiger charge is -2.28. The Morgan fingerprint density at radius 2 is 1.78 bits per heavy atom. The van der Waals surface area contributed by atoms with Gasteiger partial charge >= 0.3 is 12.0 Å². The molecule has 0 fully saturated rings. The van der Waals surface area contributed by atoms with Gasteiger partial charge in [0.25, 0.3) is 0 Å². The fraction of sp³-hybridized carbons (Fsp3) is 0.306. The second-order valence-corrected chi connectivity index (χ2v) is 10.8. The van der Waals surface area contributed by atoms with Gasteiger partial charge in [-0.05, 0) is 80.3 Å². The van der Waals surface area contributed by atoms with Crippen LogP contribution in [-0.2, 0) is 22.6 Å². The summed E-state index contributed by atoms with van der Waals surface area (Å²) in [4.78, 5) is 24.7. The molecule has 3 aromatic carbocycles. The van der Waals surface area contributed by atoms with Crippen molar-refractivity contribution in [3.8, 4) is 23.0 Å². The van der Waals surface area contributed by atoms with Crippen LogP contribution in [0.2, 0.25) is 0 Å². The van der Waals surface area contributed by atoms with Crippen LogP contribution in [0.1, 0.15) is 49.1 Å². The molecule has 3 aromatic rings. The molecule has 2 amide bonds. The quantitative estimate of drug-likeness (QED) is 0.0507. The maximum absolute atomic E-state index is 13.3. The molecular weight excluding hydrogens is 635 g/mol. The summed E-state index contributed by atoms with van der Waals surface area (Å²) in [5.41, 5.74) is 6.16. The lowest BCUT2D eigenvalue weighted by molar-refractivity contribution is -0.136. The van der Waals surface area contributed by atoms with Crippen LogP contribution in [0.4, 0.5) is 9.18 Å². The van der Waals surface area contributed by atoms with E-state index in [1.807, 2.05) is 13.0 Å². The SMILES string of the molecule is C=CCc1cc(/C=N\N[C@@H](O)COc2ccc([C@H]3NC(=O)NC(C)=C3C(=O)OC)cc2OCC)cc(OCC)c1OCc1ccc(F)cc1. The molecule has 49 heavy (non-hydrogen) atoms. The van der Waals surface area contributed by atoms with Crippen molar-refractivity contribution in [2.24, 2.45) is 5.10 Å². The Hall–Kier alpha value is -5.56. The molecule has 1 heterocycles. The highest BCUT2D eigenvalue weighted by Gasteiger charge is 2.32. The average Bonchev–Trinajstić information content (AvgIpc) is 3.08. The lowest BCUT2D eigenvalue weighted by atomic mass is 9.95. The molecule has 0 saturated heterocycles. The van der Waals surface area contributed by atoms with Crippen molar-refractivity contribution >= 4 is 18.2 Å². The summed E-state index contributed by atoms with van der Waals surface area (Å²) in [6.07, 6.45) is 2.58. The van der Waals surface area contributed by atoms with E-state index in [2.05, 4.69) is 27.7 Å². The number of nitrogens with zero attached hydrogens (tertiary/aromatic N) is 1. The van der Waals surface area contributed by atoms with Crippen LogP contribution in [-0.4, -0.2) is 56.5 Å². The Morgan fingerprint density at radius 1 is 1.04 bits per heavy atom. The van der Waals surface area contributed by atoms with E-state index in [4.69, 9.17) is 23.7 Å². The van der Waals surface area contributed by atoms with Gasteiger partial charge in [-0.2, -0.15) is 5.10 Å². The van der Waals surface area contributed by atoms with E-state index >= 15 is 0 Å². The minimum atomic E-state index is -1.19. The average molecular weight is 677 g/mol. The molecular formula is C36H41FN4O8. The zero-order valence-corrected chi connectivity index (χ0v) is 27.9. The van der Waals surface area contributed by atoms with Crippen molar-refractivity contribution in [1.29, 1.82) is 0 Å². The normalized spacial score (nSPS) is 14.8. The highest BCUT2D eigenvalue weighted by Crippen LogP contribution is 2.36. The third-order valence-corrected chi connectivity index (χ3v) is 7.22. The molecule has 0 aromatic heterocycles. The van der Waals surface area contributed by atoms with Crippen molar-refractivity contribution in [3.63, 3.8) is 0 Å². The molecule has 12 nitrogen and oxygen atoms in total. The largest absolute Gasteiger partial charge is 0.490 e. The van der Waals surface area contributed by atoms with E-state index in [0.717, 1.165) is 11.1 Å². The summed E-state index contributed by atoms with van der Waals surface area (Å²) in [5.74, 6) is 0.845. The van der Waals surface area contributed by atoms with E-state index < -0.39 is 24.3 Å². The summed E-state index contributed by atoms with van der Waals surface area (Å²) in [5, 5.41) is 20.1. The summed E-state index contributed by atoms with van der Waals surface area (Å²) in [6.45, 7) is 9.89. The van der Waals surface area contributed by atoms with E-state index in [-0.39, 0.29) is 24.6 Å². The highest BCUT2D eigenvalue weighted by atomic mass is 19.1. The zero-order valence-electron chi connectivity index (χ0n) is 27.9. The molecule has 0 unspecified atom stereocenters. The smallest absolute Gasteiger partial charge is 0.337 e. The van der Waals surface area contributed by atoms with Gasteiger partial charge in [-0.15, -0.1) is 6.58 Å². The number of urea groups is 1. The Balaban J connectivity index is 1.44. The molecule has 13 heteroatoms. The Bertz CT molecular complexity index is 1690. The second kappa shape index (κ2) is 17.6. The van der Waals surface area contributed by atoms with Crippen LogP contribution < -0.4 is 35.0 Å². The maximum atomic E-state index is 13.3. The van der Waals surface area contributed by atoms with E-state index in [1.165, 1.54) is 25.5 Å². The van der Waals surface area contributed by atoms with Gasteiger partial charge in [-0.1, -0.05) is 24.3 Å². The summed E-state index contributed by atoms with van der Waals surface area (Å²) < 4.78 is 41.8. The number of ether oxygens (including phenoxy) is 5. The minimum absolute atomic E-state index is 0.185. The molecule has 4 N–H and O–H groups in total. The predicted octanol–water partition coefficient (Wildman–Crippen LogP) is 5.05. The number of amides is 2. The summed E-state index contributed by atoms with van der Waals surface area (Å²) in [7, 11) is 1.27. The van der Waals surface area contributed by atoms with E-state index in [0.29, 0.717) is 59.5 Å². The number of methoxy groups -OCH3 is 1. The molecule has 0 aliphatic carbocycles. The molecule has 0 radical (unpaired) electrons. The van der Waals surface area contributed by atoms with Gasteiger partial charge in [0.15, 0.2) is 29.2 Å². The fourth-order valence-electron chi connectivity index (χ4n) is 5.05. The number of hydrogen-bond donors (Lipinski definition) is 4. The number of benzene rings is 3. The van der Waals surface area contributed by atoms with Gasteiger partial charge in [0, 0.05) is 11.3 Å². The zero-order chi connectivity index (χ0) is 35.3. The Morgan fingerprint density at radius 3 is 2.47 bits per heavy atom. The van der Waals surface area contributed by atoms with Crippen LogP contribution in [0.15, 0.2) is 83.6 Å². The van der Waals surface area contributed by atoms with Crippen molar-refractivity contribution in [3.05, 3.63) is 107 Å². The van der Waals surface area contributed by atoms with Crippen molar-refractivity contribution in [2.45, 2.75) is 46.1 Å². The number of hydrogen-bond acceptors (Lipinski definition) is 10. The number of esters is 1. The van der Waals surface area contributed by atoms with Gasteiger partial charge in [0.1, 0.15) is 19.0 Å². The first-order chi connectivity index (χ1) is 23.7. The highest BCUT2D eigenvalue weighted by molar-refractivity contribution is 5.95. The van der Waals surface area contributed by atoms with Gasteiger partial charge in [0.2, 0.25) is 0 Å². The van der Waals surface area contributed by atoms with Gasteiger partial charge in [-0.25, -0.2) is 14.0 Å². The molecule has 0 bridgehead atoms. The number of nitrogens with one attached hydrogen (secondary N) is 3. The Kier molecular flexibility index (Phi) is 13.0. The Labute approximate surface area is 284 Å². The number of carbonyl (C=O) groups is 2. The van der Waals surface area contributed by atoms with Crippen molar-refractivity contribution < 1.29 is 42.8 Å². The monoisotopic (exact) mass is 676 g/mol. The topological polar surface area (TPSA) is 149 Å². The van der Waals surface area contributed by atoms with Gasteiger partial charge in [0.05, 0.1) is 38.2 Å². The summed E-state index contributed by atoms with van der Waals surface area (Å²) in [6, 6.07) is 13.5. The van der Waals surface area contributed by atoms with Gasteiger partial charge < -0.3 is 39.4 Å².